The summed E-state index contributed by atoms with van der Waals surface area (Å²) in [7, 11) is -1.96. The SMILES string of the molecule is CC(C)Oc1ccc(S(=O)(=O)N2CCOCC2)cc1NC(=O)CN(C)CCC#N. The third-order valence-electron chi connectivity index (χ3n) is 4.21. The van der Waals surface area contributed by atoms with Crippen molar-refractivity contribution in [3.05, 3.63) is 18.2 Å². The molecule has 0 saturated carbocycles. The van der Waals surface area contributed by atoms with E-state index >= 15 is 0 Å². The van der Waals surface area contributed by atoms with Gasteiger partial charge in [0.05, 0.1) is 42.5 Å². The predicted octanol–water partition coefficient (Wildman–Crippen LogP) is 1.28. The van der Waals surface area contributed by atoms with E-state index in [-0.39, 0.29) is 36.5 Å². The van der Waals surface area contributed by atoms with Gasteiger partial charge in [0.15, 0.2) is 0 Å². The summed E-state index contributed by atoms with van der Waals surface area (Å²) in [6, 6.07) is 6.50. The molecule has 1 fully saturated rings. The molecule has 0 aromatic heterocycles. The number of rotatable bonds is 9. The first-order chi connectivity index (χ1) is 13.7. The van der Waals surface area contributed by atoms with Gasteiger partial charge >= 0.3 is 0 Å². The van der Waals surface area contributed by atoms with Crippen molar-refractivity contribution in [3.63, 3.8) is 0 Å². The molecule has 1 heterocycles. The lowest BCUT2D eigenvalue weighted by molar-refractivity contribution is -0.117. The number of likely N-dealkylation sites (N-methyl/N-ethyl adjacent to an activating group) is 1. The summed E-state index contributed by atoms with van der Waals surface area (Å²) in [4.78, 5) is 14.2. The van der Waals surface area contributed by atoms with Crippen LogP contribution < -0.4 is 10.1 Å². The van der Waals surface area contributed by atoms with Gasteiger partial charge in [-0.1, -0.05) is 0 Å². The molecule has 0 radical (unpaired) electrons. The van der Waals surface area contributed by atoms with Gasteiger partial charge < -0.3 is 14.8 Å². The Kier molecular flexibility index (Phi) is 8.40. The Morgan fingerprint density at radius 1 is 1.38 bits per heavy atom. The van der Waals surface area contributed by atoms with Crippen molar-refractivity contribution in [1.82, 2.24) is 9.21 Å². The van der Waals surface area contributed by atoms with Crippen molar-refractivity contribution in [1.29, 1.82) is 5.26 Å². The van der Waals surface area contributed by atoms with Gasteiger partial charge in [-0.05, 0) is 39.1 Å². The Bertz CT molecular complexity index is 845. The van der Waals surface area contributed by atoms with Gasteiger partial charge in [0.2, 0.25) is 15.9 Å². The molecule has 1 aromatic rings. The zero-order valence-corrected chi connectivity index (χ0v) is 17.9. The Labute approximate surface area is 172 Å². The van der Waals surface area contributed by atoms with Gasteiger partial charge in [-0.2, -0.15) is 9.57 Å². The van der Waals surface area contributed by atoms with Crippen LogP contribution in [0.15, 0.2) is 23.1 Å². The summed E-state index contributed by atoms with van der Waals surface area (Å²) >= 11 is 0. The minimum Gasteiger partial charge on any atom is -0.489 e. The number of benzene rings is 1. The second kappa shape index (κ2) is 10.5. The second-order valence-electron chi connectivity index (χ2n) is 7.04. The number of nitriles is 1. The van der Waals surface area contributed by atoms with Crippen LogP contribution in [0.2, 0.25) is 0 Å². The summed E-state index contributed by atoms with van der Waals surface area (Å²) in [5, 5.41) is 11.4. The lowest BCUT2D eigenvalue weighted by Gasteiger charge is -2.26. The number of morpholine rings is 1. The predicted molar refractivity (Wildman–Crippen MR) is 108 cm³/mol. The molecule has 0 bridgehead atoms. The molecule has 1 aliphatic rings. The molecule has 160 valence electrons. The first kappa shape index (κ1) is 23.1. The molecule has 0 spiro atoms. The van der Waals surface area contributed by atoms with E-state index < -0.39 is 10.0 Å². The van der Waals surface area contributed by atoms with Gasteiger partial charge in [0, 0.05) is 26.1 Å². The molecule has 1 N–H and O–H groups in total. The minimum absolute atomic E-state index is 0.0727. The minimum atomic E-state index is -3.70. The number of ether oxygens (including phenoxy) is 2. The summed E-state index contributed by atoms with van der Waals surface area (Å²) < 4.78 is 38.2. The van der Waals surface area contributed by atoms with Crippen molar-refractivity contribution in [2.45, 2.75) is 31.3 Å². The van der Waals surface area contributed by atoms with Gasteiger partial charge in [-0.15, -0.1) is 0 Å². The third-order valence-corrected chi connectivity index (χ3v) is 6.11. The third kappa shape index (κ3) is 6.68. The molecule has 9 nitrogen and oxygen atoms in total. The number of hydrogen-bond donors (Lipinski definition) is 1. The van der Waals surface area contributed by atoms with Crippen LogP contribution in [0.3, 0.4) is 0 Å². The largest absolute Gasteiger partial charge is 0.489 e. The van der Waals surface area contributed by atoms with Gasteiger partial charge in [0.25, 0.3) is 0 Å². The fourth-order valence-corrected chi connectivity index (χ4v) is 4.25. The van der Waals surface area contributed by atoms with Crippen molar-refractivity contribution >= 4 is 21.6 Å². The van der Waals surface area contributed by atoms with E-state index in [1.54, 1.807) is 18.0 Å². The Morgan fingerprint density at radius 3 is 2.69 bits per heavy atom. The van der Waals surface area contributed by atoms with Crippen LogP contribution in [0, 0.1) is 11.3 Å². The normalized spacial score (nSPS) is 15.3. The highest BCUT2D eigenvalue weighted by molar-refractivity contribution is 7.89. The van der Waals surface area contributed by atoms with Crippen LogP contribution >= 0.6 is 0 Å². The van der Waals surface area contributed by atoms with E-state index in [1.165, 1.54) is 16.4 Å². The van der Waals surface area contributed by atoms with E-state index in [0.29, 0.717) is 37.6 Å². The van der Waals surface area contributed by atoms with Crippen LogP contribution in [0.5, 0.6) is 5.75 Å². The van der Waals surface area contributed by atoms with Crippen molar-refractivity contribution in [3.8, 4) is 11.8 Å². The number of nitrogens with one attached hydrogen (secondary N) is 1. The van der Waals surface area contributed by atoms with Crippen LogP contribution in [0.4, 0.5) is 5.69 Å². The molecule has 1 saturated heterocycles. The summed E-state index contributed by atoms with van der Waals surface area (Å²) in [6.45, 7) is 5.52. The van der Waals surface area contributed by atoms with Crippen LogP contribution in [-0.2, 0) is 19.6 Å². The topological polar surface area (TPSA) is 112 Å². The number of carbonyl (C=O) groups is 1. The Hall–Kier alpha value is -2.19. The maximum atomic E-state index is 12.9. The molecule has 1 aliphatic heterocycles. The molecule has 29 heavy (non-hydrogen) atoms. The fraction of sp³-hybridized carbons (Fsp3) is 0.579. The second-order valence-corrected chi connectivity index (χ2v) is 8.97. The summed E-state index contributed by atoms with van der Waals surface area (Å²) in [5.41, 5.74) is 0.298. The van der Waals surface area contributed by atoms with Gasteiger partial charge in [-0.3, -0.25) is 9.69 Å². The molecule has 2 rings (SSSR count). The smallest absolute Gasteiger partial charge is 0.243 e. The number of carbonyl (C=O) groups excluding carboxylic acids is 1. The highest BCUT2D eigenvalue weighted by atomic mass is 32.2. The first-order valence-electron chi connectivity index (χ1n) is 9.48. The lowest BCUT2D eigenvalue weighted by atomic mass is 10.2. The van der Waals surface area contributed by atoms with E-state index in [0.717, 1.165) is 0 Å². The maximum Gasteiger partial charge on any atom is 0.243 e. The number of amides is 1. The lowest BCUT2D eigenvalue weighted by Crippen LogP contribution is -2.40. The zero-order valence-electron chi connectivity index (χ0n) is 17.1. The molecule has 0 atom stereocenters. The van der Waals surface area contributed by atoms with Gasteiger partial charge in [0.1, 0.15) is 5.75 Å². The summed E-state index contributed by atoms with van der Waals surface area (Å²) in [6.07, 6.45) is 0.171. The Balaban J connectivity index is 2.24. The van der Waals surface area contributed by atoms with E-state index in [2.05, 4.69) is 5.32 Å². The highest BCUT2D eigenvalue weighted by Crippen LogP contribution is 2.30. The van der Waals surface area contributed by atoms with Crippen LogP contribution in [-0.4, -0.2) is 76.1 Å². The average Bonchev–Trinajstić information content (AvgIpc) is 2.67. The average molecular weight is 425 g/mol. The molecule has 10 heteroatoms. The maximum absolute atomic E-state index is 12.9. The number of anilines is 1. The van der Waals surface area contributed by atoms with E-state index in [4.69, 9.17) is 14.7 Å². The van der Waals surface area contributed by atoms with Crippen molar-refractivity contribution in [2.24, 2.45) is 0 Å². The number of sulfonamides is 1. The number of nitrogens with zero attached hydrogens (tertiary/aromatic N) is 3. The van der Waals surface area contributed by atoms with E-state index in [9.17, 15) is 13.2 Å². The molecule has 0 unspecified atom stereocenters. The fourth-order valence-electron chi connectivity index (χ4n) is 2.81. The van der Waals surface area contributed by atoms with Crippen LogP contribution in [0.25, 0.3) is 0 Å². The monoisotopic (exact) mass is 424 g/mol. The number of hydrogen-bond acceptors (Lipinski definition) is 7. The molecular weight excluding hydrogens is 396 g/mol. The van der Waals surface area contributed by atoms with Crippen LogP contribution in [0.1, 0.15) is 20.3 Å². The zero-order chi connectivity index (χ0) is 21.4. The summed E-state index contributed by atoms with van der Waals surface area (Å²) in [5.74, 6) is 0.0777. The van der Waals surface area contributed by atoms with Crippen molar-refractivity contribution in [2.75, 3.05) is 51.8 Å². The highest BCUT2D eigenvalue weighted by Gasteiger charge is 2.27. The molecule has 1 amide bonds. The van der Waals surface area contributed by atoms with E-state index in [1.807, 2.05) is 19.9 Å². The Morgan fingerprint density at radius 2 is 2.07 bits per heavy atom. The van der Waals surface area contributed by atoms with Crippen molar-refractivity contribution < 1.29 is 22.7 Å². The molecule has 0 aliphatic carbocycles. The quantitative estimate of drug-likeness (QED) is 0.635. The standard InChI is InChI=1S/C19H28N4O5S/c1-15(2)28-18-6-5-16(29(25,26)23-9-11-27-12-10-23)13-17(18)21-19(24)14-22(3)8-4-7-20/h5-6,13,15H,4,8-12,14H2,1-3H3,(H,21,24). The first-order valence-corrected chi connectivity index (χ1v) is 10.9. The van der Waals surface area contributed by atoms with Gasteiger partial charge in [-0.25, -0.2) is 8.42 Å². The molecule has 1 aromatic carbocycles. The molecular formula is C19H28N4O5S.